The molecule has 1 aromatic heterocycles. The lowest BCUT2D eigenvalue weighted by molar-refractivity contribution is 1.38. The van der Waals surface area contributed by atoms with Crippen molar-refractivity contribution in [2.75, 3.05) is 0 Å². The number of nitroso groups, excluding NO2 is 1. The Bertz CT molecular complexity index is 694. The Hall–Kier alpha value is -2.36. The summed E-state index contributed by atoms with van der Waals surface area (Å²) in [4.78, 5) is 19.3. The molecule has 0 aliphatic carbocycles. The van der Waals surface area contributed by atoms with E-state index in [4.69, 9.17) is 0 Å². The summed E-state index contributed by atoms with van der Waals surface area (Å²) in [5, 5.41) is 2.88. The van der Waals surface area contributed by atoms with Crippen molar-refractivity contribution in [2.45, 2.75) is 0 Å². The van der Waals surface area contributed by atoms with E-state index in [-0.39, 0.29) is 0 Å². The van der Waals surface area contributed by atoms with Crippen LogP contribution in [0, 0.1) is 4.91 Å². The summed E-state index contributed by atoms with van der Waals surface area (Å²) in [6.07, 6.45) is 0. The van der Waals surface area contributed by atoms with Crippen LogP contribution in [0.25, 0.3) is 22.1 Å². The second kappa shape index (κ2) is 3.34. The second-order valence-electron chi connectivity index (χ2n) is 3.48. The lowest BCUT2D eigenvalue weighted by Gasteiger charge is -2.00. The highest BCUT2D eigenvalue weighted by atomic mass is 16.3. The summed E-state index contributed by atoms with van der Waals surface area (Å²) in [5.41, 5.74) is 3.50. The van der Waals surface area contributed by atoms with Crippen LogP contribution in [0.1, 0.15) is 0 Å². The first-order chi connectivity index (χ1) is 7.86. The minimum Gasteiger partial charge on any atom is -0.245 e. The SMILES string of the molecule is O=Nc1ccc2nc3ccccc3nc2c1. The Morgan fingerprint density at radius 1 is 0.812 bits per heavy atom. The highest BCUT2D eigenvalue weighted by molar-refractivity contribution is 5.87. The van der Waals surface area contributed by atoms with E-state index in [0.29, 0.717) is 11.2 Å². The molecule has 0 aliphatic heterocycles. The first kappa shape index (κ1) is 8.91. The number of rotatable bonds is 1. The molecule has 0 unspecified atom stereocenters. The van der Waals surface area contributed by atoms with Crippen LogP contribution in [-0.2, 0) is 0 Å². The van der Waals surface area contributed by atoms with E-state index in [2.05, 4.69) is 15.1 Å². The molecule has 0 spiro atoms. The summed E-state index contributed by atoms with van der Waals surface area (Å²) < 4.78 is 0. The molecule has 0 aliphatic rings. The third-order valence-electron chi connectivity index (χ3n) is 2.43. The molecule has 3 rings (SSSR count). The van der Waals surface area contributed by atoms with Crippen molar-refractivity contribution in [3.8, 4) is 0 Å². The molecular formula is C12H7N3O. The van der Waals surface area contributed by atoms with Gasteiger partial charge in [0.25, 0.3) is 0 Å². The van der Waals surface area contributed by atoms with Crippen LogP contribution in [0.5, 0.6) is 0 Å². The lowest BCUT2D eigenvalue weighted by Crippen LogP contribution is -1.86. The number of fused-ring (bicyclic) bond motifs is 2. The average molecular weight is 209 g/mol. The van der Waals surface area contributed by atoms with Gasteiger partial charge < -0.3 is 0 Å². The van der Waals surface area contributed by atoms with Gasteiger partial charge in [-0.15, -0.1) is 4.91 Å². The summed E-state index contributed by atoms with van der Waals surface area (Å²) in [7, 11) is 0. The smallest absolute Gasteiger partial charge is 0.110 e. The molecule has 0 amide bonds. The first-order valence-corrected chi connectivity index (χ1v) is 4.87. The molecule has 0 fully saturated rings. The molecule has 2 aromatic carbocycles. The van der Waals surface area contributed by atoms with E-state index in [1.165, 1.54) is 0 Å². The Morgan fingerprint density at radius 2 is 1.44 bits per heavy atom. The lowest BCUT2D eigenvalue weighted by atomic mass is 10.2. The van der Waals surface area contributed by atoms with Gasteiger partial charge in [-0.05, 0) is 35.5 Å². The summed E-state index contributed by atoms with van der Waals surface area (Å²) in [6, 6.07) is 12.7. The highest BCUT2D eigenvalue weighted by Crippen LogP contribution is 2.20. The fraction of sp³-hybridized carbons (Fsp3) is 0. The number of benzene rings is 2. The maximum atomic E-state index is 10.4. The fourth-order valence-electron chi connectivity index (χ4n) is 1.67. The van der Waals surface area contributed by atoms with Crippen LogP contribution in [0.4, 0.5) is 5.69 Å². The minimum absolute atomic E-state index is 0.372. The zero-order valence-electron chi connectivity index (χ0n) is 8.29. The number of nitrogens with zero attached hydrogens (tertiary/aromatic N) is 3. The molecule has 0 radical (unpaired) electrons. The topological polar surface area (TPSA) is 55.2 Å². The van der Waals surface area contributed by atoms with Gasteiger partial charge >= 0.3 is 0 Å². The predicted octanol–water partition coefficient (Wildman–Crippen LogP) is 3.18. The maximum absolute atomic E-state index is 10.4. The average Bonchev–Trinajstić information content (AvgIpc) is 2.35. The van der Waals surface area contributed by atoms with Crippen LogP contribution in [0.2, 0.25) is 0 Å². The molecule has 1 heterocycles. The van der Waals surface area contributed by atoms with Crippen molar-refractivity contribution in [3.63, 3.8) is 0 Å². The van der Waals surface area contributed by atoms with Crippen molar-refractivity contribution in [1.29, 1.82) is 0 Å². The maximum Gasteiger partial charge on any atom is 0.110 e. The van der Waals surface area contributed by atoms with E-state index < -0.39 is 0 Å². The number of hydrogen-bond acceptors (Lipinski definition) is 4. The quantitative estimate of drug-likeness (QED) is 0.456. The van der Waals surface area contributed by atoms with Crippen LogP contribution in [0.15, 0.2) is 47.6 Å². The monoisotopic (exact) mass is 209 g/mol. The van der Waals surface area contributed by atoms with E-state index in [0.717, 1.165) is 16.6 Å². The molecule has 0 N–H and O–H groups in total. The van der Waals surface area contributed by atoms with Gasteiger partial charge in [-0.3, -0.25) is 0 Å². The Kier molecular flexibility index (Phi) is 1.86. The van der Waals surface area contributed by atoms with Crippen molar-refractivity contribution < 1.29 is 0 Å². The molecule has 0 atom stereocenters. The Labute approximate surface area is 90.9 Å². The standard InChI is InChI=1S/C12H7N3O/c16-15-8-5-6-11-12(7-8)14-10-4-2-1-3-9(10)13-11/h1-7H. The third-order valence-corrected chi connectivity index (χ3v) is 2.43. The largest absolute Gasteiger partial charge is 0.245 e. The fourth-order valence-corrected chi connectivity index (χ4v) is 1.67. The van der Waals surface area contributed by atoms with Gasteiger partial charge in [0.2, 0.25) is 0 Å². The van der Waals surface area contributed by atoms with Crippen LogP contribution >= 0.6 is 0 Å². The number of aromatic nitrogens is 2. The summed E-state index contributed by atoms with van der Waals surface area (Å²) in [5.74, 6) is 0. The summed E-state index contributed by atoms with van der Waals surface area (Å²) in [6.45, 7) is 0. The summed E-state index contributed by atoms with van der Waals surface area (Å²) >= 11 is 0. The minimum atomic E-state index is 0.372. The normalized spacial score (nSPS) is 10.8. The molecule has 4 heteroatoms. The van der Waals surface area contributed by atoms with Crippen molar-refractivity contribution in [3.05, 3.63) is 47.4 Å². The third kappa shape index (κ3) is 1.32. The van der Waals surface area contributed by atoms with Crippen molar-refractivity contribution in [1.82, 2.24) is 9.97 Å². The Morgan fingerprint density at radius 3 is 2.12 bits per heavy atom. The molecule has 3 aromatic rings. The van der Waals surface area contributed by atoms with E-state index >= 15 is 0 Å². The van der Waals surface area contributed by atoms with Crippen molar-refractivity contribution in [2.24, 2.45) is 5.18 Å². The van der Waals surface area contributed by atoms with Gasteiger partial charge in [-0.1, -0.05) is 12.1 Å². The van der Waals surface area contributed by atoms with Gasteiger partial charge in [-0.25, -0.2) is 9.97 Å². The van der Waals surface area contributed by atoms with E-state index in [1.807, 2.05) is 24.3 Å². The molecule has 0 saturated heterocycles. The molecule has 0 saturated carbocycles. The van der Waals surface area contributed by atoms with Gasteiger partial charge in [-0.2, -0.15) is 0 Å². The second-order valence-corrected chi connectivity index (χ2v) is 3.48. The highest BCUT2D eigenvalue weighted by Gasteiger charge is 2.01. The molecule has 0 bridgehead atoms. The van der Waals surface area contributed by atoms with E-state index in [1.54, 1.807) is 18.2 Å². The Balaban J connectivity index is 2.41. The first-order valence-electron chi connectivity index (χ1n) is 4.87. The van der Waals surface area contributed by atoms with Crippen LogP contribution < -0.4 is 0 Å². The zero-order valence-corrected chi connectivity index (χ0v) is 8.29. The van der Waals surface area contributed by atoms with Crippen LogP contribution in [-0.4, -0.2) is 9.97 Å². The van der Waals surface area contributed by atoms with Crippen LogP contribution in [0.3, 0.4) is 0 Å². The van der Waals surface area contributed by atoms with Gasteiger partial charge in [0.1, 0.15) is 5.69 Å². The molecule has 16 heavy (non-hydrogen) atoms. The molecule has 76 valence electrons. The van der Waals surface area contributed by atoms with Crippen molar-refractivity contribution >= 4 is 27.8 Å². The zero-order chi connectivity index (χ0) is 11.0. The number of para-hydroxylation sites is 2. The van der Waals surface area contributed by atoms with Gasteiger partial charge in [0.15, 0.2) is 0 Å². The van der Waals surface area contributed by atoms with E-state index in [9.17, 15) is 4.91 Å². The van der Waals surface area contributed by atoms with Gasteiger partial charge in [0.05, 0.1) is 22.1 Å². The predicted molar refractivity (Wildman–Crippen MR) is 62.5 cm³/mol. The molecular weight excluding hydrogens is 202 g/mol. The molecule has 4 nitrogen and oxygen atoms in total. The van der Waals surface area contributed by atoms with Gasteiger partial charge in [0, 0.05) is 0 Å². The number of hydrogen-bond donors (Lipinski definition) is 0.